The Kier molecular flexibility index (Phi) is 5.94. The van der Waals surface area contributed by atoms with Crippen LogP contribution in [0.15, 0.2) is 36.5 Å². The van der Waals surface area contributed by atoms with Crippen LogP contribution < -0.4 is 15.5 Å². The molecule has 2 N–H and O–H groups in total. The number of amides is 2. The van der Waals surface area contributed by atoms with Crippen molar-refractivity contribution in [2.24, 2.45) is 0 Å². The molecule has 1 atom stereocenters. The van der Waals surface area contributed by atoms with Gasteiger partial charge in [0.05, 0.1) is 12.1 Å². The zero-order valence-corrected chi connectivity index (χ0v) is 17.6. The predicted molar refractivity (Wildman–Crippen MR) is 115 cm³/mol. The van der Waals surface area contributed by atoms with Gasteiger partial charge in [-0.2, -0.15) is 13.2 Å². The summed E-state index contributed by atoms with van der Waals surface area (Å²) in [6, 6.07) is 7.89. The minimum absolute atomic E-state index is 0.00742. The number of rotatable bonds is 4. The Labute approximate surface area is 183 Å². The third kappa shape index (κ3) is 4.79. The van der Waals surface area contributed by atoms with Gasteiger partial charge in [-0.3, -0.25) is 9.59 Å². The van der Waals surface area contributed by atoms with E-state index in [1.54, 1.807) is 4.90 Å². The smallest absolute Gasteiger partial charge is 0.376 e. The van der Waals surface area contributed by atoms with Crippen LogP contribution in [0.1, 0.15) is 24.5 Å². The first-order valence-corrected chi connectivity index (χ1v) is 10.4. The van der Waals surface area contributed by atoms with Crippen molar-refractivity contribution < 1.29 is 22.8 Å². The Bertz CT molecular complexity index is 1010. The summed E-state index contributed by atoms with van der Waals surface area (Å²) in [7, 11) is 0. The number of nitrogens with zero attached hydrogens (tertiary/aromatic N) is 3. The van der Waals surface area contributed by atoms with Crippen LogP contribution in [-0.4, -0.2) is 53.9 Å². The number of halogens is 3. The predicted octanol–water partition coefficient (Wildman–Crippen LogP) is 3.13. The maximum absolute atomic E-state index is 12.8. The van der Waals surface area contributed by atoms with Crippen LogP contribution in [0.2, 0.25) is 0 Å². The second kappa shape index (κ2) is 8.68. The van der Waals surface area contributed by atoms with Crippen LogP contribution in [-0.2, 0) is 22.2 Å². The molecule has 1 aromatic heterocycles. The average Bonchev–Trinajstić information content (AvgIpc) is 2.77. The monoisotopic (exact) mass is 447 g/mol. The fourth-order valence-electron chi connectivity index (χ4n) is 4.05. The molecule has 10 heteroatoms. The van der Waals surface area contributed by atoms with Gasteiger partial charge in [0.25, 0.3) is 0 Å². The zero-order valence-electron chi connectivity index (χ0n) is 17.6. The summed E-state index contributed by atoms with van der Waals surface area (Å²) in [4.78, 5) is 31.8. The van der Waals surface area contributed by atoms with E-state index in [2.05, 4.69) is 15.6 Å². The van der Waals surface area contributed by atoms with Crippen LogP contribution in [0.5, 0.6) is 0 Å². The molecule has 1 aromatic carbocycles. The van der Waals surface area contributed by atoms with E-state index >= 15 is 0 Å². The van der Waals surface area contributed by atoms with Crippen molar-refractivity contribution in [1.82, 2.24) is 9.88 Å². The summed E-state index contributed by atoms with van der Waals surface area (Å²) in [5.74, 6) is 0.424. The van der Waals surface area contributed by atoms with E-state index < -0.39 is 11.7 Å². The maximum Gasteiger partial charge on any atom is 0.417 e. The molecule has 1 saturated heterocycles. The topological polar surface area (TPSA) is 77.6 Å². The Hall–Kier alpha value is -3.30. The van der Waals surface area contributed by atoms with Gasteiger partial charge in [0.2, 0.25) is 11.8 Å². The number of carbonyl (C=O) groups is 2. The van der Waals surface area contributed by atoms with Gasteiger partial charge < -0.3 is 20.4 Å². The normalized spacial score (nSPS) is 18.8. The third-order valence-corrected chi connectivity index (χ3v) is 5.79. The molecule has 1 fully saturated rings. The fourth-order valence-corrected chi connectivity index (χ4v) is 4.05. The van der Waals surface area contributed by atoms with Gasteiger partial charge in [-0.25, -0.2) is 4.98 Å². The molecule has 0 aliphatic carbocycles. The molecule has 2 aliphatic heterocycles. The highest BCUT2D eigenvalue weighted by atomic mass is 19.4. The SMILES string of the molecule is C[C@@H]1CN(c2ccc(C(F)(F)F)cn2)CCN1C(=O)CNc1ccc2c(c1)CCC(=O)N2. The number of benzene rings is 1. The highest BCUT2D eigenvalue weighted by molar-refractivity contribution is 5.94. The largest absolute Gasteiger partial charge is 0.417 e. The minimum atomic E-state index is -4.41. The zero-order chi connectivity index (χ0) is 22.9. The van der Waals surface area contributed by atoms with E-state index in [4.69, 9.17) is 0 Å². The summed E-state index contributed by atoms with van der Waals surface area (Å²) < 4.78 is 38.2. The number of piperazine rings is 1. The van der Waals surface area contributed by atoms with E-state index in [1.165, 1.54) is 6.07 Å². The molecule has 7 nitrogen and oxygen atoms in total. The lowest BCUT2D eigenvalue weighted by Crippen LogP contribution is -2.55. The number of fused-ring (bicyclic) bond motifs is 1. The van der Waals surface area contributed by atoms with Gasteiger partial charge in [-0.05, 0) is 49.2 Å². The third-order valence-electron chi connectivity index (χ3n) is 5.79. The first-order valence-electron chi connectivity index (χ1n) is 10.4. The molecule has 0 radical (unpaired) electrons. The highest BCUT2D eigenvalue weighted by Crippen LogP contribution is 2.30. The number of aromatic nitrogens is 1. The van der Waals surface area contributed by atoms with Gasteiger partial charge in [-0.15, -0.1) is 0 Å². The average molecular weight is 447 g/mol. The van der Waals surface area contributed by atoms with Crippen LogP contribution in [0.25, 0.3) is 0 Å². The van der Waals surface area contributed by atoms with Gasteiger partial charge in [0.15, 0.2) is 0 Å². The lowest BCUT2D eigenvalue weighted by molar-refractivity contribution is -0.138. The first kappa shape index (κ1) is 21.9. The molecule has 0 saturated carbocycles. The summed E-state index contributed by atoms with van der Waals surface area (Å²) in [6.07, 6.45) is -2.46. The number of pyridine rings is 1. The van der Waals surface area contributed by atoms with Crippen molar-refractivity contribution in [3.05, 3.63) is 47.7 Å². The van der Waals surface area contributed by atoms with Crippen molar-refractivity contribution in [3.63, 3.8) is 0 Å². The van der Waals surface area contributed by atoms with Crippen molar-refractivity contribution in [2.75, 3.05) is 41.7 Å². The van der Waals surface area contributed by atoms with Crippen molar-refractivity contribution in [1.29, 1.82) is 0 Å². The van der Waals surface area contributed by atoms with E-state index in [1.807, 2.05) is 30.0 Å². The fraction of sp³-hybridized carbons (Fsp3) is 0.409. The number of alkyl halides is 3. The van der Waals surface area contributed by atoms with Crippen LogP contribution in [0, 0.1) is 0 Å². The molecule has 0 unspecified atom stereocenters. The molecule has 2 aromatic rings. The number of hydrogen-bond donors (Lipinski definition) is 2. The Morgan fingerprint density at radius 2 is 2.03 bits per heavy atom. The summed E-state index contributed by atoms with van der Waals surface area (Å²) >= 11 is 0. The Morgan fingerprint density at radius 1 is 1.22 bits per heavy atom. The lowest BCUT2D eigenvalue weighted by atomic mass is 10.0. The summed E-state index contributed by atoms with van der Waals surface area (Å²) in [5.41, 5.74) is 1.88. The van der Waals surface area contributed by atoms with E-state index in [9.17, 15) is 22.8 Å². The second-order valence-corrected chi connectivity index (χ2v) is 8.06. The van der Waals surface area contributed by atoms with Crippen molar-refractivity contribution >= 4 is 29.0 Å². The molecule has 4 rings (SSSR count). The first-order chi connectivity index (χ1) is 15.2. The molecule has 0 spiro atoms. The molecule has 2 aliphatic rings. The molecule has 2 amide bonds. The maximum atomic E-state index is 12.8. The van der Waals surface area contributed by atoms with Crippen LogP contribution in [0.3, 0.4) is 0 Å². The number of aryl methyl sites for hydroxylation is 1. The van der Waals surface area contributed by atoms with Gasteiger partial charge in [0.1, 0.15) is 5.82 Å². The van der Waals surface area contributed by atoms with E-state index in [-0.39, 0.29) is 24.4 Å². The summed E-state index contributed by atoms with van der Waals surface area (Å²) in [6.45, 7) is 3.49. The van der Waals surface area contributed by atoms with Crippen LogP contribution >= 0.6 is 0 Å². The van der Waals surface area contributed by atoms with Gasteiger partial charge in [-0.1, -0.05) is 0 Å². The second-order valence-electron chi connectivity index (χ2n) is 8.06. The number of carbonyl (C=O) groups excluding carboxylic acids is 2. The van der Waals surface area contributed by atoms with E-state index in [0.29, 0.717) is 38.3 Å². The van der Waals surface area contributed by atoms with E-state index in [0.717, 1.165) is 29.2 Å². The van der Waals surface area contributed by atoms with Crippen molar-refractivity contribution in [2.45, 2.75) is 32.0 Å². The molecule has 0 bridgehead atoms. The number of nitrogens with one attached hydrogen (secondary N) is 2. The summed E-state index contributed by atoms with van der Waals surface area (Å²) in [5, 5.41) is 5.98. The molecule has 170 valence electrons. The molecular formula is C22H24F3N5O2. The standard InChI is InChI=1S/C22H24F3N5O2/c1-14-13-29(19-6-3-16(11-27-19)22(23,24)25)8-9-30(14)21(32)12-26-17-4-5-18-15(10-17)2-7-20(31)28-18/h3-6,10-11,14,26H,2,7-9,12-13H2,1H3,(H,28,31)/t14-/m1/s1. The molecule has 3 heterocycles. The number of anilines is 3. The number of hydrogen-bond acceptors (Lipinski definition) is 5. The molecular weight excluding hydrogens is 423 g/mol. The van der Waals surface area contributed by atoms with Crippen molar-refractivity contribution in [3.8, 4) is 0 Å². The Balaban J connectivity index is 1.32. The highest BCUT2D eigenvalue weighted by Gasteiger charge is 2.32. The Morgan fingerprint density at radius 3 is 2.72 bits per heavy atom. The van der Waals surface area contributed by atoms with Crippen LogP contribution in [0.4, 0.5) is 30.4 Å². The van der Waals surface area contributed by atoms with Gasteiger partial charge in [0, 0.05) is 49.7 Å². The minimum Gasteiger partial charge on any atom is -0.376 e. The van der Waals surface area contributed by atoms with Gasteiger partial charge >= 0.3 is 6.18 Å². The molecule has 32 heavy (non-hydrogen) atoms. The lowest BCUT2D eigenvalue weighted by Gasteiger charge is -2.40. The quantitative estimate of drug-likeness (QED) is 0.753.